The Morgan fingerprint density at radius 2 is 2.44 bits per heavy atom. The molecule has 1 aliphatic rings. The summed E-state index contributed by atoms with van der Waals surface area (Å²) >= 11 is 1.55. The van der Waals surface area contributed by atoms with Crippen molar-refractivity contribution in [2.75, 3.05) is 19.7 Å². The Labute approximate surface area is 111 Å². The fourth-order valence-corrected chi connectivity index (χ4v) is 2.57. The molecule has 2 heterocycles. The molecule has 0 bridgehead atoms. The average Bonchev–Trinajstić information content (AvgIpc) is 2.91. The molecule has 6 heteroatoms. The SMILES string of the molecule is CC(C)[C@H](N)C(=O)N1CCOC(c2nccs2)C1. The molecular weight excluding hydrogens is 250 g/mol. The zero-order chi connectivity index (χ0) is 13.1. The highest BCUT2D eigenvalue weighted by atomic mass is 32.1. The first-order valence-electron chi connectivity index (χ1n) is 6.15. The van der Waals surface area contributed by atoms with Crippen LogP contribution >= 0.6 is 11.3 Å². The molecule has 2 N–H and O–H groups in total. The maximum absolute atomic E-state index is 12.2. The number of rotatable bonds is 3. The minimum Gasteiger partial charge on any atom is -0.367 e. The van der Waals surface area contributed by atoms with Gasteiger partial charge in [-0.15, -0.1) is 11.3 Å². The molecule has 0 aromatic carbocycles. The topological polar surface area (TPSA) is 68.5 Å². The quantitative estimate of drug-likeness (QED) is 0.889. The molecule has 0 saturated carbocycles. The lowest BCUT2D eigenvalue weighted by molar-refractivity contribution is -0.141. The van der Waals surface area contributed by atoms with Crippen LogP contribution in [-0.4, -0.2) is 41.5 Å². The molecule has 1 saturated heterocycles. The number of hydrogen-bond acceptors (Lipinski definition) is 5. The van der Waals surface area contributed by atoms with E-state index in [1.165, 1.54) is 0 Å². The predicted molar refractivity (Wildman–Crippen MR) is 70.2 cm³/mol. The summed E-state index contributed by atoms with van der Waals surface area (Å²) in [4.78, 5) is 18.2. The highest BCUT2D eigenvalue weighted by Crippen LogP contribution is 2.24. The number of nitrogens with zero attached hydrogens (tertiary/aromatic N) is 2. The number of carbonyl (C=O) groups excluding carboxylic acids is 1. The summed E-state index contributed by atoms with van der Waals surface area (Å²) < 4.78 is 5.66. The van der Waals surface area contributed by atoms with Crippen molar-refractivity contribution < 1.29 is 9.53 Å². The van der Waals surface area contributed by atoms with Gasteiger partial charge in [-0.3, -0.25) is 4.79 Å². The predicted octanol–water partition coefficient (Wildman–Crippen LogP) is 1.03. The molecule has 0 aliphatic carbocycles. The maximum atomic E-state index is 12.2. The Morgan fingerprint density at radius 3 is 3.06 bits per heavy atom. The summed E-state index contributed by atoms with van der Waals surface area (Å²) in [6, 6.07) is -0.431. The first-order valence-corrected chi connectivity index (χ1v) is 7.03. The lowest BCUT2D eigenvalue weighted by Crippen LogP contribution is -2.51. The monoisotopic (exact) mass is 269 g/mol. The molecule has 1 aromatic rings. The lowest BCUT2D eigenvalue weighted by Gasteiger charge is -2.34. The second-order valence-electron chi connectivity index (χ2n) is 4.78. The van der Waals surface area contributed by atoms with Gasteiger partial charge in [-0.05, 0) is 5.92 Å². The van der Waals surface area contributed by atoms with E-state index in [0.717, 1.165) is 5.01 Å². The number of aromatic nitrogens is 1. The molecule has 5 nitrogen and oxygen atoms in total. The average molecular weight is 269 g/mol. The van der Waals surface area contributed by atoms with E-state index in [1.54, 1.807) is 22.4 Å². The van der Waals surface area contributed by atoms with E-state index in [9.17, 15) is 4.79 Å². The second-order valence-corrected chi connectivity index (χ2v) is 5.71. The Hall–Kier alpha value is -0.980. The van der Waals surface area contributed by atoms with Crippen LogP contribution in [0.4, 0.5) is 0 Å². The molecule has 0 spiro atoms. The van der Waals surface area contributed by atoms with Crippen molar-refractivity contribution in [2.45, 2.75) is 26.0 Å². The Morgan fingerprint density at radius 1 is 1.67 bits per heavy atom. The van der Waals surface area contributed by atoms with Gasteiger partial charge in [0.25, 0.3) is 0 Å². The summed E-state index contributed by atoms with van der Waals surface area (Å²) in [5.74, 6) is 0.161. The maximum Gasteiger partial charge on any atom is 0.239 e. The van der Waals surface area contributed by atoms with Gasteiger partial charge >= 0.3 is 0 Å². The number of carbonyl (C=O) groups is 1. The molecule has 2 atom stereocenters. The molecular formula is C12H19N3O2S. The van der Waals surface area contributed by atoms with Gasteiger partial charge in [0.15, 0.2) is 0 Å². The molecule has 18 heavy (non-hydrogen) atoms. The van der Waals surface area contributed by atoms with Crippen LogP contribution in [-0.2, 0) is 9.53 Å². The van der Waals surface area contributed by atoms with Gasteiger partial charge in [0.05, 0.1) is 19.2 Å². The van der Waals surface area contributed by atoms with Crippen LogP contribution in [0.5, 0.6) is 0 Å². The van der Waals surface area contributed by atoms with Crippen LogP contribution in [0.15, 0.2) is 11.6 Å². The fraction of sp³-hybridized carbons (Fsp3) is 0.667. The van der Waals surface area contributed by atoms with E-state index in [-0.39, 0.29) is 17.9 Å². The zero-order valence-electron chi connectivity index (χ0n) is 10.7. The van der Waals surface area contributed by atoms with Crippen molar-refractivity contribution in [3.05, 3.63) is 16.6 Å². The summed E-state index contributed by atoms with van der Waals surface area (Å²) in [7, 11) is 0. The van der Waals surface area contributed by atoms with Gasteiger partial charge < -0.3 is 15.4 Å². The van der Waals surface area contributed by atoms with Gasteiger partial charge in [-0.1, -0.05) is 13.8 Å². The van der Waals surface area contributed by atoms with E-state index in [2.05, 4.69) is 4.98 Å². The summed E-state index contributed by atoms with van der Waals surface area (Å²) in [5, 5.41) is 2.84. The smallest absolute Gasteiger partial charge is 0.239 e. The third kappa shape index (κ3) is 2.88. The minimum absolute atomic E-state index is 0.00913. The van der Waals surface area contributed by atoms with Crippen molar-refractivity contribution >= 4 is 17.2 Å². The molecule has 1 amide bonds. The Kier molecular flexibility index (Phi) is 4.31. The highest BCUT2D eigenvalue weighted by molar-refractivity contribution is 7.09. The Balaban J connectivity index is 2.01. The van der Waals surface area contributed by atoms with Gasteiger partial charge in [0, 0.05) is 18.1 Å². The zero-order valence-corrected chi connectivity index (χ0v) is 11.5. The van der Waals surface area contributed by atoms with Crippen molar-refractivity contribution in [2.24, 2.45) is 11.7 Å². The molecule has 1 aliphatic heterocycles. The number of morpholine rings is 1. The summed E-state index contributed by atoms with van der Waals surface area (Å²) in [6.45, 7) is 5.62. The fourth-order valence-electron chi connectivity index (χ4n) is 1.89. The highest BCUT2D eigenvalue weighted by Gasteiger charge is 2.30. The van der Waals surface area contributed by atoms with Crippen molar-refractivity contribution in [1.29, 1.82) is 0 Å². The first-order chi connectivity index (χ1) is 8.59. The number of hydrogen-bond donors (Lipinski definition) is 1. The lowest BCUT2D eigenvalue weighted by atomic mass is 10.0. The minimum atomic E-state index is -0.431. The normalized spacial score (nSPS) is 22.2. The van der Waals surface area contributed by atoms with Crippen molar-refractivity contribution in [3.63, 3.8) is 0 Å². The number of thiazole rings is 1. The third-order valence-corrected chi connectivity index (χ3v) is 3.98. The van der Waals surface area contributed by atoms with E-state index in [0.29, 0.717) is 19.7 Å². The number of ether oxygens (including phenoxy) is 1. The summed E-state index contributed by atoms with van der Waals surface area (Å²) in [5.41, 5.74) is 5.91. The number of nitrogens with two attached hydrogens (primary N) is 1. The molecule has 0 radical (unpaired) electrons. The van der Waals surface area contributed by atoms with Crippen LogP contribution in [0.3, 0.4) is 0 Å². The molecule has 1 unspecified atom stereocenters. The van der Waals surface area contributed by atoms with Crippen LogP contribution in [0.2, 0.25) is 0 Å². The molecule has 100 valence electrons. The number of amides is 1. The molecule has 1 fully saturated rings. The second kappa shape index (κ2) is 5.77. The van der Waals surface area contributed by atoms with Gasteiger partial charge in [0.2, 0.25) is 5.91 Å². The van der Waals surface area contributed by atoms with Gasteiger partial charge in [-0.25, -0.2) is 4.98 Å². The van der Waals surface area contributed by atoms with Crippen LogP contribution < -0.4 is 5.73 Å². The first kappa shape index (κ1) is 13.5. The van der Waals surface area contributed by atoms with Gasteiger partial charge in [0.1, 0.15) is 11.1 Å². The summed E-state index contributed by atoms with van der Waals surface area (Å²) in [6.07, 6.45) is 1.64. The van der Waals surface area contributed by atoms with Crippen LogP contribution in [0.25, 0.3) is 0 Å². The Bertz CT molecular complexity index is 394. The van der Waals surface area contributed by atoms with Gasteiger partial charge in [-0.2, -0.15) is 0 Å². The van der Waals surface area contributed by atoms with Crippen molar-refractivity contribution in [1.82, 2.24) is 9.88 Å². The molecule has 1 aromatic heterocycles. The standard InChI is InChI=1S/C12H19N3O2S/c1-8(2)10(13)12(16)15-4-5-17-9(7-15)11-14-3-6-18-11/h3,6,8-10H,4-5,7,13H2,1-2H3/t9?,10-/m0/s1. The van der Waals surface area contributed by atoms with E-state index >= 15 is 0 Å². The van der Waals surface area contributed by atoms with Crippen LogP contribution in [0, 0.1) is 5.92 Å². The molecule has 2 rings (SSSR count). The third-order valence-electron chi connectivity index (χ3n) is 3.11. The van der Waals surface area contributed by atoms with E-state index < -0.39 is 6.04 Å². The largest absolute Gasteiger partial charge is 0.367 e. The van der Waals surface area contributed by atoms with Crippen LogP contribution in [0.1, 0.15) is 25.0 Å². The van der Waals surface area contributed by atoms with Crippen molar-refractivity contribution in [3.8, 4) is 0 Å². The van der Waals surface area contributed by atoms with E-state index in [1.807, 2.05) is 19.2 Å². The van der Waals surface area contributed by atoms with E-state index in [4.69, 9.17) is 10.5 Å².